The number of rotatable bonds is 6. The Kier molecular flexibility index (Phi) is 7.86. The van der Waals surface area contributed by atoms with Gasteiger partial charge in [-0.15, -0.1) is 0 Å². The van der Waals surface area contributed by atoms with E-state index < -0.39 is 11.8 Å². The molecule has 0 aliphatic carbocycles. The standard InChI is InChI=1S/C22H33N5O4/c1-25(2)18-5-3-16(4-6-18)19(26-11-13-31-14-12-26)15-24-21(29)22(30)27-9-7-17(8-10-27)20(23)28/h3-6,17,19H,7-15H2,1-2H3,(H2,23,28)(H,24,29)/p+1/t19-/m0/s1. The number of quaternary nitrogens is 1. The molecule has 9 heteroatoms. The third kappa shape index (κ3) is 5.95. The van der Waals surface area contributed by atoms with Crippen LogP contribution < -0.4 is 20.9 Å². The van der Waals surface area contributed by atoms with Crippen LogP contribution in [0.15, 0.2) is 24.3 Å². The van der Waals surface area contributed by atoms with Gasteiger partial charge in [0.2, 0.25) is 5.91 Å². The van der Waals surface area contributed by atoms with Crippen LogP contribution in [0.5, 0.6) is 0 Å². The van der Waals surface area contributed by atoms with E-state index in [0.717, 1.165) is 24.3 Å². The summed E-state index contributed by atoms with van der Waals surface area (Å²) < 4.78 is 5.50. The number of hydrogen-bond donors (Lipinski definition) is 3. The number of morpholine rings is 1. The number of nitrogens with zero attached hydrogens (tertiary/aromatic N) is 2. The molecule has 0 aromatic heterocycles. The molecule has 9 nitrogen and oxygen atoms in total. The molecular weight excluding hydrogens is 398 g/mol. The Labute approximate surface area is 183 Å². The lowest BCUT2D eigenvalue weighted by Crippen LogP contribution is -3.15. The minimum Gasteiger partial charge on any atom is -0.378 e. The maximum atomic E-state index is 12.6. The van der Waals surface area contributed by atoms with Crippen molar-refractivity contribution >= 4 is 23.4 Å². The number of ether oxygens (including phenoxy) is 1. The lowest BCUT2D eigenvalue weighted by molar-refractivity contribution is -0.937. The van der Waals surface area contributed by atoms with Gasteiger partial charge in [0.15, 0.2) is 0 Å². The summed E-state index contributed by atoms with van der Waals surface area (Å²) in [5, 5.41) is 2.85. The fraction of sp³-hybridized carbons (Fsp3) is 0.591. The van der Waals surface area contributed by atoms with Gasteiger partial charge in [-0.3, -0.25) is 14.4 Å². The number of amides is 3. The van der Waals surface area contributed by atoms with E-state index in [9.17, 15) is 14.4 Å². The predicted molar refractivity (Wildman–Crippen MR) is 117 cm³/mol. The van der Waals surface area contributed by atoms with E-state index in [1.54, 1.807) is 0 Å². The topological polar surface area (TPSA) is 109 Å². The zero-order valence-corrected chi connectivity index (χ0v) is 18.4. The second kappa shape index (κ2) is 10.6. The van der Waals surface area contributed by atoms with Gasteiger partial charge in [-0.25, -0.2) is 0 Å². The van der Waals surface area contributed by atoms with Crippen molar-refractivity contribution in [3.05, 3.63) is 29.8 Å². The van der Waals surface area contributed by atoms with Crippen LogP contribution in [0.1, 0.15) is 24.4 Å². The molecule has 0 radical (unpaired) electrons. The van der Waals surface area contributed by atoms with Gasteiger partial charge in [0.25, 0.3) is 0 Å². The predicted octanol–water partition coefficient (Wildman–Crippen LogP) is -1.45. The monoisotopic (exact) mass is 432 g/mol. The molecule has 0 unspecified atom stereocenters. The Morgan fingerprint density at radius 1 is 1.16 bits per heavy atom. The highest BCUT2D eigenvalue weighted by molar-refractivity contribution is 6.35. The number of piperidine rings is 1. The van der Waals surface area contributed by atoms with Crippen LogP contribution in [0.2, 0.25) is 0 Å². The highest BCUT2D eigenvalue weighted by atomic mass is 16.5. The van der Waals surface area contributed by atoms with Gasteiger partial charge in [-0.05, 0) is 25.0 Å². The third-order valence-electron chi connectivity index (χ3n) is 6.29. The number of nitrogens with one attached hydrogen (secondary N) is 2. The number of anilines is 1. The molecule has 2 fully saturated rings. The highest BCUT2D eigenvalue weighted by Crippen LogP contribution is 2.18. The molecule has 170 valence electrons. The van der Waals surface area contributed by atoms with Gasteiger partial charge in [-0.2, -0.15) is 0 Å². The fourth-order valence-electron chi connectivity index (χ4n) is 4.27. The first-order chi connectivity index (χ1) is 14.9. The van der Waals surface area contributed by atoms with Crippen molar-refractivity contribution in [1.29, 1.82) is 0 Å². The molecular formula is C22H34N5O4+. The van der Waals surface area contributed by atoms with Gasteiger partial charge in [0.1, 0.15) is 19.1 Å². The first-order valence-electron chi connectivity index (χ1n) is 10.9. The van der Waals surface area contributed by atoms with E-state index in [4.69, 9.17) is 10.5 Å². The Morgan fingerprint density at radius 3 is 2.32 bits per heavy atom. The number of carbonyl (C=O) groups excluding carboxylic acids is 3. The van der Waals surface area contributed by atoms with Crippen LogP contribution in [0.4, 0.5) is 5.69 Å². The Morgan fingerprint density at radius 2 is 1.77 bits per heavy atom. The molecule has 0 bridgehead atoms. The lowest BCUT2D eigenvalue weighted by Gasteiger charge is -2.33. The second-order valence-corrected chi connectivity index (χ2v) is 8.49. The highest BCUT2D eigenvalue weighted by Gasteiger charge is 2.31. The number of carbonyl (C=O) groups is 3. The van der Waals surface area contributed by atoms with Crippen LogP contribution in [-0.2, 0) is 19.1 Å². The van der Waals surface area contributed by atoms with E-state index in [1.807, 2.05) is 19.0 Å². The van der Waals surface area contributed by atoms with Gasteiger partial charge in [0, 0.05) is 44.4 Å². The molecule has 31 heavy (non-hydrogen) atoms. The molecule has 0 saturated carbocycles. The number of hydrogen-bond acceptors (Lipinski definition) is 5. The molecule has 3 amide bonds. The largest absolute Gasteiger partial charge is 0.378 e. The summed E-state index contributed by atoms with van der Waals surface area (Å²) in [7, 11) is 4.00. The number of nitrogens with two attached hydrogens (primary N) is 1. The SMILES string of the molecule is CN(C)c1ccc([C@H](CNC(=O)C(=O)N2CCC(C(N)=O)CC2)[NH+]2CCOCC2)cc1. The van der Waals surface area contributed by atoms with E-state index >= 15 is 0 Å². The maximum Gasteiger partial charge on any atom is 0.311 e. The van der Waals surface area contributed by atoms with Crippen molar-refractivity contribution in [2.24, 2.45) is 11.7 Å². The molecule has 4 N–H and O–H groups in total. The summed E-state index contributed by atoms with van der Waals surface area (Å²) in [4.78, 5) is 41.4. The van der Waals surface area contributed by atoms with Crippen LogP contribution in [0, 0.1) is 5.92 Å². The molecule has 2 aliphatic rings. The average molecular weight is 433 g/mol. The zero-order chi connectivity index (χ0) is 22.4. The van der Waals surface area contributed by atoms with Crippen LogP contribution in [0.3, 0.4) is 0 Å². The van der Waals surface area contributed by atoms with E-state index in [0.29, 0.717) is 45.7 Å². The maximum absolute atomic E-state index is 12.6. The molecule has 1 aromatic carbocycles. The van der Waals surface area contributed by atoms with Crippen LogP contribution in [-0.4, -0.2) is 82.7 Å². The minimum absolute atomic E-state index is 0.0393. The van der Waals surface area contributed by atoms with Crippen molar-refractivity contribution < 1.29 is 24.0 Å². The van der Waals surface area contributed by atoms with Crippen molar-refractivity contribution in [3.8, 4) is 0 Å². The van der Waals surface area contributed by atoms with Gasteiger partial charge < -0.3 is 30.5 Å². The molecule has 3 rings (SSSR count). The number of primary amides is 1. The molecule has 2 aliphatic heterocycles. The normalized spacial score (nSPS) is 19.0. The summed E-state index contributed by atoms with van der Waals surface area (Å²) in [6.45, 7) is 4.20. The average Bonchev–Trinajstić information content (AvgIpc) is 2.79. The second-order valence-electron chi connectivity index (χ2n) is 8.49. The van der Waals surface area contributed by atoms with Gasteiger partial charge in [-0.1, -0.05) is 12.1 Å². The summed E-state index contributed by atoms with van der Waals surface area (Å²) in [5.41, 5.74) is 7.58. The molecule has 0 spiro atoms. The molecule has 2 saturated heterocycles. The van der Waals surface area contributed by atoms with Crippen LogP contribution >= 0.6 is 0 Å². The van der Waals surface area contributed by atoms with Gasteiger partial charge in [0.05, 0.1) is 19.8 Å². The van der Waals surface area contributed by atoms with Gasteiger partial charge >= 0.3 is 11.8 Å². The first kappa shape index (κ1) is 23.0. The lowest BCUT2D eigenvalue weighted by atomic mass is 9.96. The minimum atomic E-state index is -0.597. The van der Waals surface area contributed by atoms with Crippen LogP contribution in [0.25, 0.3) is 0 Å². The summed E-state index contributed by atoms with van der Waals surface area (Å²) >= 11 is 0. The summed E-state index contributed by atoms with van der Waals surface area (Å²) in [5.74, 6) is -1.69. The van der Waals surface area contributed by atoms with Crippen molar-refractivity contribution in [2.75, 3.05) is 64.9 Å². The number of likely N-dealkylation sites (tertiary alicyclic amines) is 1. The summed E-state index contributed by atoms with van der Waals surface area (Å²) in [6.07, 6.45) is 1.01. The van der Waals surface area contributed by atoms with E-state index in [-0.39, 0.29) is 17.9 Å². The Bertz CT molecular complexity index is 769. The first-order valence-corrected chi connectivity index (χ1v) is 10.9. The smallest absolute Gasteiger partial charge is 0.311 e. The quantitative estimate of drug-likeness (QED) is 0.477. The number of benzene rings is 1. The fourth-order valence-corrected chi connectivity index (χ4v) is 4.27. The summed E-state index contributed by atoms with van der Waals surface area (Å²) in [6, 6.07) is 8.35. The molecule has 1 aromatic rings. The molecule has 1 atom stereocenters. The van der Waals surface area contributed by atoms with E-state index in [1.165, 1.54) is 9.80 Å². The van der Waals surface area contributed by atoms with Crippen molar-refractivity contribution in [1.82, 2.24) is 10.2 Å². The van der Waals surface area contributed by atoms with E-state index in [2.05, 4.69) is 29.6 Å². The van der Waals surface area contributed by atoms with Crippen molar-refractivity contribution in [3.63, 3.8) is 0 Å². The third-order valence-corrected chi connectivity index (χ3v) is 6.29. The zero-order valence-electron chi connectivity index (χ0n) is 18.4. The van der Waals surface area contributed by atoms with Crippen molar-refractivity contribution in [2.45, 2.75) is 18.9 Å². The Balaban J connectivity index is 1.62. The molecule has 2 heterocycles. The Hall–Kier alpha value is -2.65.